The fourth-order valence-corrected chi connectivity index (χ4v) is 4.79. The molecule has 1 rings (SSSR count). The van der Waals surface area contributed by atoms with Gasteiger partial charge in [-0.15, -0.1) is 0 Å². The maximum absolute atomic E-state index is 12.4. The summed E-state index contributed by atoms with van der Waals surface area (Å²) in [7, 11) is 2.20. The molecule has 0 spiro atoms. The first-order valence-corrected chi connectivity index (χ1v) is 15.8. The molecule has 1 heterocycles. The van der Waals surface area contributed by atoms with Crippen molar-refractivity contribution in [1.82, 2.24) is 0 Å². The first-order chi connectivity index (χ1) is 17.9. The van der Waals surface area contributed by atoms with E-state index >= 15 is 0 Å². The van der Waals surface area contributed by atoms with Crippen LogP contribution in [-0.4, -0.2) is 88.5 Å². The van der Waals surface area contributed by atoms with Crippen LogP contribution in [0.2, 0.25) is 18.1 Å². The molecule has 3 atom stereocenters. The van der Waals surface area contributed by atoms with E-state index in [0.717, 1.165) is 20.6 Å². The molecule has 0 aromatic carbocycles. The Labute approximate surface area is 232 Å². The number of Topliss-reactive ketones (excluding diaryl/α,β-unsaturated/α-hetero) is 1. The van der Waals surface area contributed by atoms with Crippen LogP contribution in [0, 0.1) is 0 Å². The molecule has 0 aliphatic carbocycles. The van der Waals surface area contributed by atoms with Crippen LogP contribution < -0.4 is 0 Å². The molecule has 0 aromatic heterocycles. The molecule has 1 aliphatic heterocycles. The number of methoxy groups -OCH3 is 4. The second-order valence-electron chi connectivity index (χ2n) is 10.8. The van der Waals surface area contributed by atoms with Gasteiger partial charge in [0.25, 0.3) is 5.78 Å². The summed E-state index contributed by atoms with van der Waals surface area (Å²) in [5, 5.41) is 9.71. The van der Waals surface area contributed by atoms with E-state index in [-0.39, 0.29) is 11.5 Å². The molecule has 1 saturated heterocycles. The van der Waals surface area contributed by atoms with Gasteiger partial charge in [0.15, 0.2) is 8.32 Å². The number of carbonyl (C=O) groups excluding carboxylic acids is 5. The lowest BCUT2D eigenvalue weighted by molar-refractivity contribution is -0.175. The smallest absolute Gasteiger partial charge is 0.378 e. The highest BCUT2D eigenvalue weighted by molar-refractivity contribution is 6.74. The first-order valence-electron chi connectivity index (χ1n) is 12.9. The van der Waals surface area contributed by atoms with E-state index in [1.807, 2.05) is 26.9 Å². The van der Waals surface area contributed by atoms with Crippen molar-refractivity contribution >= 4 is 38.0 Å². The highest BCUT2D eigenvalue weighted by Crippen LogP contribution is 2.57. The minimum absolute atomic E-state index is 0.146. The summed E-state index contributed by atoms with van der Waals surface area (Å²) in [6, 6.07) is 0. The Bertz CT molecular complexity index is 896. The average molecular weight is 579 g/mol. The summed E-state index contributed by atoms with van der Waals surface area (Å²) < 4.78 is 30.2. The minimum atomic E-state index is -2.43. The van der Waals surface area contributed by atoms with Crippen molar-refractivity contribution in [3.63, 3.8) is 0 Å². The molecule has 1 fully saturated rings. The molecule has 1 aliphatic rings. The number of ketones is 1. The van der Waals surface area contributed by atoms with Crippen LogP contribution in [-0.2, 0) is 52.1 Å². The second-order valence-corrected chi connectivity index (χ2v) is 15.5. The Balaban J connectivity index is 0.000000794. The Kier molecular flexibility index (Phi) is 13.5. The number of ether oxygens (including phenoxy) is 5. The monoisotopic (exact) mass is 578 g/mol. The summed E-state index contributed by atoms with van der Waals surface area (Å²) in [6.45, 7) is 14.0. The van der Waals surface area contributed by atoms with Crippen LogP contribution in [0.1, 0.15) is 73.1 Å². The molecule has 0 saturated carbocycles. The summed E-state index contributed by atoms with van der Waals surface area (Å²) in [6.07, 6.45) is 2.85. The Morgan fingerprint density at radius 1 is 0.821 bits per heavy atom. The molecule has 0 bridgehead atoms. The lowest BCUT2D eigenvalue weighted by Crippen LogP contribution is -2.52. The van der Waals surface area contributed by atoms with Gasteiger partial charge in [-0.1, -0.05) is 47.5 Å². The van der Waals surface area contributed by atoms with Crippen LogP contribution in [0.15, 0.2) is 0 Å². The molecule has 13 heteroatoms. The average Bonchev–Trinajstić information content (AvgIpc) is 3.55. The van der Waals surface area contributed by atoms with Crippen LogP contribution in [0.3, 0.4) is 0 Å². The number of esters is 4. The third kappa shape index (κ3) is 7.86. The summed E-state index contributed by atoms with van der Waals surface area (Å²) in [4.78, 5) is 58.6. The van der Waals surface area contributed by atoms with E-state index in [4.69, 9.17) is 18.6 Å². The van der Waals surface area contributed by atoms with Crippen molar-refractivity contribution < 1.29 is 57.2 Å². The number of carbonyl (C=O) groups is 5. The van der Waals surface area contributed by atoms with Crippen molar-refractivity contribution in [2.45, 2.75) is 108 Å². The zero-order valence-corrected chi connectivity index (χ0v) is 26.2. The predicted molar refractivity (Wildman–Crippen MR) is 142 cm³/mol. The van der Waals surface area contributed by atoms with E-state index in [9.17, 15) is 29.1 Å². The molecule has 0 radical (unpaired) electrons. The SMILES string of the molecule is CCCC[C@@]1(C(=O)OC)O[C@]1(O[Si](C)(C)C(C)(C)C)C(=O)OC.CCCC[C@](O)(C(=O)OC)C(=O)C(=O)OC. The van der Waals surface area contributed by atoms with Gasteiger partial charge in [0, 0.05) is 0 Å². The molecule has 1 N–H and O–H groups in total. The number of hydrogen-bond acceptors (Lipinski definition) is 12. The third-order valence-corrected chi connectivity index (χ3v) is 11.4. The highest BCUT2D eigenvalue weighted by Gasteiger charge is 2.83. The van der Waals surface area contributed by atoms with Gasteiger partial charge < -0.3 is 33.2 Å². The van der Waals surface area contributed by atoms with E-state index in [0.29, 0.717) is 25.7 Å². The lowest BCUT2D eigenvalue weighted by Gasteiger charge is -2.38. The lowest BCUT2D eigenvalue weighted by atomic mass is 9.92. The van der Waals surface area contributed by atoms with Crippen molar-refractivity contribution in [1.29, 1.82) is 0 Å². The molecular weight excluding hydrogens is 532 g/mol. The van der Waals surface area contributed by atoms with Gasteiger partial charge in [-0.3, -0.25) is 4.79 Å². The molecule has 0 aromatic rings. The molecular formula is C26H46O12Si. The molecule has 226 valence electrons. The molecule has 0 unspecified atom stereocenters. The maximum Gasteiger partial charge on any atom is 0.378 e. The number of hydrogen-bond donors (Lipinski definition) is 1. The third-order valence-electron chi connectivity index (χ3n) is 7.03. The van der Waals surface area contributed by atoms with E-state index < -0.39 is 55.0 Å². The Morgan fingerprint density at radius 3 is 1.72 bits per heavy atom. The van der Waals surface area contributed by atoms with Gasteiger partial charge in [-0.05, 0) is 43.8 Å². The van der Waals surface area contributed by atoms with Gasteiger partial charge >= 0.3 is 29.7 Å². The standard InChI is InChI=1S/C16H30O6Si.C10H16O6/c1-9-10-11-15(12(17)19-5)16(21-15,13(18)20-6)22-23(7,8)14(2,3)4;1-4-5-6-10(14,9(13)16-3)7(11)8(12)15-2/h9-11H2,1-8H3;14H,4-6H2,1-3H3/t15-,16-;10-/m01/s1. The zero-order chi connectivity index (χ0) is 30.9. The zero-order valence-electron chi connectivity index (χ0n) is 25.2. The Hall–Kier alpha value is -2.35. The fraction of sp³-hybridized carbons (Fsp3) is 0.808. The fourth-order valence-electron chi connectivity index (χ4n) is 3.47. The van der Waals surface area contributed by atoms with Gasteiger partial charge in [0.2, 0.25) is 11.2 Å². The molecule has 39 heavy (non-hydrogen) atoms. The topological polar surface area (TPSA) is 164 Å². The van der Waals surface area contributed by atoms with E-state index in [2.05, 4.69) is 30.2 Å². The Morgan fingerprint density at radius 2 is 1.33 bits per heavy atom. The number of unbranched alkanes of at least 4 members (excludes halogenated alkanes) is 2. The van der Waals surface area contributed by atoms with Crippen LogP contribution >= 0.6 is 0 Å². The van der Waals surface area contributed by atoms with Gasteiger partial charge in [0.1, 0.15) is 0 Å². The number of aliphatic hydroxyl groups is 1. The van der Waals surface area contributed by atoms with Crippen molar-refractivity contribution in [2.24, 2.45) is 0 Å². The summed E-state index contributed by atoms with van der Waals surface area (Å²) in [5.74, 6) is -6.65. The number of epoxide rings is 1. The second kappa shape index (κ2) is 14.3. The summed E-state index contributed by atoms with van der Waals surface area (Å²) in [5.41, 5.74) is -3.84. The largest absolute Gasteiger partial charge is 0.467 e. The predicted octanol–water partition coefficient (Wildman–Crippen LogP) is 2.83. The maximum atomic E-state index is 12.4. The van der Waals surface area contributed by atoms with Gasteiger partial charge in [-0.2, -0.15) is 0 Å². The minimum Gasteiger partial charge on any atom is -0.467 e. The summed E-state index contributed by atoms with van der Waals surface area (Å²) >= 11 is 0. The molecule has 0 amide bonds. The van der Waals surface area contributed by atoms with E-state index in [1.165, 1.54) is 14.2 Å². The normalized spacial score (nSPS) is 21.8. The molecule has 12 nitrogen and oxygen atoms in total. The van der Waals surface area contributed by atoms with Crippen molar-refractivity contribution in [3.8, 4) is 0 Å². The van der Waals surface area contributed by atoms with Crippen LogP contribution in [0.4, 0.5) is 0 Å². The van der Waals surface area contributed by atoms with Crippen LogP contribution in [0.25, 0.3) is 0 Å². The van der Waals surface area contributed by atoms with Gasteiger partial charge in [-0.25, -0.2) is 19.2 Å². The first kappa shape index (κ1) is 36.6. The van der Waals surface area contributed by atoms with Crippen molar-refractivity contribution in [3.05, 3.63) is 0 Å². The van der Waals surface area contributed by atoms with E-state index in [1.54, 1.807) is 0 Å². The van der Waals surface area contributed by atoms with Gasteiger partial charge in [0.05, 0.1) is 28.4 Å². The number of rotatable bonds is 13. The van der Waals surface area contributed by atoms with Crippen LogP contribution in [0.5, 0.6) is 0 Å². The quantitative estimate of drug-likeness (QED) is 0.0850. The van der Waals surface area contributed by atoms with Crippen molar-refractivity contribution in [2.75, 3.05) is 28.4 Å². The highest BCUT2D eigenvalue weighted by atomic mass is 28.4.